The summed E-state index contributed by atoms with van der Waals surface area (Å²) in [5, 5.41) is 10.6. The molecule has 0 heterocycles. The lowest BCUT2D eigenvalue weighted by molar-refractivity contribution is -0.384. The third-order valence-corrected chi connectivity index (χ3v) is 4.55. The highest BCUT2D eigenvalue weighted by molar-refractivity contribution is 7.92. The van der Waals surface area contributed by atoms with Crippen LogP contribution in [0.1, 0.15) is 5.56 Å². The number of hydrogen-bond acceptors (Lipinski definition) is 4. The lowest BCUT2D eigenvalue weighted by Gasteiger charge is -2.09. The second kappa shape index (κ2) is 5.90. The predicted octanol–water partition coefficient (Wildman–Crippen LogP) is 3.50. The summed E-state index contributed by atoms with van der Waals surface area (Å²) in [6.45, 7) is 1.54. The number of benzene rings is 2. The summed E-state index contributed by atoms with van der Waals surface area (Å²) < 4.78 is 40.0. The van der Waals surface area contributed by atoms with Crippen LogP contribution in [0.4, 0.5) is 15.8 Å². The molecular formula is C13H10ClFN2O4S. The lowest BCUT2D eigenvalue weighted by atomic mass is 10.2. The first kappa shape index (κ1) is 16.2. The molecule has 0 fully saturated rings. The van der Waals surface area contributed by atoms with Crippen molar-refractivity contribution in [1.82, 2.24) is 0 Å². The Hall–Kier alpha value is -2.19. The molecule has 0 bridgehead atoms. The van der Waals surface area contributed by atoms with E-state index < -0.39 is 26.5 Å². The summed E-state index contributed by atoms with van der Waals surface area (Å²) in [4.78, 5) is 9.67. The average Bonchev–Trinajstić information content (AvgIpc) is 2.42. The summed E-state index contributed by atoms with van der Waals surface area (Å²) in [6.07, 6.45) is 0. The molecule has 2 aromatic rings. The van der Waals surface area contributed by atoms with Crippen LogP contribution in [0.5, 0.6) is 0 Å². The van der Waals surface area contributed by atoms with Crippen LogP contribution in [0.2, 0.25) is 5.02 Å². The Morgan fingerprint density at radius 3 is 2.50 bits per heavy atom. The van der Waals surface area contributed by atoms with Crippen molar-refractivity contribution in [3.63, 3.8) is 0 Å². The maximum absolute atomic E-state index is 13.4. The van der Waals surface area contributed by atoms with Gasteiger partial charge in [-0.1, -0.05) is 17.7 Å². The molecule has 9 heteroatoms. The van der Waals surface area contributed by atoms with Gasteiger partial charge < -0.3 is 0 Å². The normalized spacial score (nSPS) is 11.2. The van der Waals surface area contributed by atoms with Crippen molar-refractivity contribution in [3.8, 4) is 0 Å². The topological polar surface area (TPSA) is 89.3 Å². The minimum Gasteiger partial charge on any atom is -0.280 e. The summed E-state index contributed by atoms with van der Waals surface area (Å²) in [7, 11) is -4.10. The molecule has 0 saturated carbocycles. The number of nitro groups is 1. The van der Waals surface area contributed by atoms with Crippen LogP contribution in [-0.2, 0) is 10.0 Å². The molecule has 0 saturated heterocycles. The Kier molecular flexibility index (Phi) is 4.34. The highest BCUT2D eigenvalue weighted by Crippen LogP contribution is 2.28. The van der Waals surface area contributed by atoms with Crippen molar-refractivity contribution in [2.75, 3.05) is 4.72 Å². The van der Waals surface area contributed by atoms with Crippen molar-refractivity contribution < 1.29 is 17.7 Å². The zero-order valence-corrected chi connectivity index (χ0v) is 12.8. The molecule has 2 rings (SSSR count). The quantitative estimate of drug-likeness (QED) is 0.679. The van der Waals surface area contributed by atoms with Gasteiger partial charge in [0.05, 0.1) is 15.5 Å². The number of rotatable bonds is 4. The van der Waals surface area contributed by atoms with E-state index in [-0.39, 0.29) is 15.6 Å². The molecule has 1 N–H and O–H groups in total. The van der Waals surface area contributed by atoms with Crippen LogP contribution in [0.3, 0.4) is 0 Å². The number of aryl methyl sites for hydroxylation is 1. The van der Waals surface area contributed by atoms with Gasteiger partial charge in [-0.15, -0.1) is 0 Å². The molecule has 0 radical (unpaired) electrons. The average molecular weight is 345 g/mol. The van der Waals surface area contributed by atoms with E-state index in [1.807, 2.05) is 0 Å². The summed E-state index contributed by atoms with van der Waals surface area (Å²) in [5.74, 6) is -0.567. The third kappa shape index (κ3) is 3.34. The van der Waals surface area contributed by atoms with Gasteiger partial charge in [0, 0.05) is 6.07 Å². The molecule has 0 atom stereocenters. The maximum atomic E-state index is 13.4. The van der Waals surface area contributed by atoms with E-state index in [2.05, 4.69) is 4.72 Å². The Morgan fingerprint density at radius 1 is 1.23 bits per heavy atom. The Balaban J connectivity index is 2.40. The first-order valence-electron chi connectivity index (χ1n) is 5.93. The molecular weight excluding hydrogens is 335 g/mol. The largest absolute Gasteiger partial charge is 0.289 e. The highest BCUT2D eigenvalue weighted by atomic mass is 35.5. The molecule has 2 aromatic carbocycles. The van der Waals surface area contributed by atoms with E-state index in [1.54, 1.807) is 0 Å². The number of nitrogens with zero attached hydrogens (tertiary/aromatic N) is 1. The SMILES string of the molecule is Cc1ccc(NS(=O)(=O)c2ccc(Cl)c([N+](=O)[O-])c2)cc1F. The predicted molar refractivity (Wildman–Crippen MR) is 80.1 cm³/mol. The van der Waals surface area contributed by atoms with Crippen molar-refractivity contribution in [2.24, 2.45) is 0 Å². The van der Waals surface area contributed by atoms with E-state index in [9.17, 15) is 22.9 Å². The van der Waals surface area contributed by atoms with E-state index >= 15 is 0 Å². The number of hydrogen-bond donors (Lipinski definition) is 1. The first-order chi connectivity index (χ1) is 10.2. The van der Waals surface area contributed by atoms with Gasteiger partial charge in [0.25, 0.3) is 15.7 Å². The van der Waals surface area contributed by atoms with Crippen molar-refractivity contribution in [2.45, 2.75) is 11.8 Å². The van der Waals surface area contributed by atoms with Gasteiger partial charge >= 0.3 is 0 Å². The number of anilines is 1. The Morgan fingerprint density at radius 2 is 1.91 bits per heavy atom. The van der Waals surface area contributed by atoms with Crippen LogP contribution in [0, 0.1) is 22.9 Å². The van der Waals surface area contributed by atoms with Gasteiger partial charge in [0.1, 0.15) is 10.8 Å². The molecule has 22 heavy (non-hydrogen) atoms. The second-order valence-corrected chi connectivity index (χ2v) is 6.53. The van der Waals surface area contributed by atoms with Gasteiger partial charge in [-0.3, -0.25) is 14.8 Å². The van der Waals surface area contributed by atoms with Crippen molar-refractivity contribution >= 4 is 33.0 Å². The molecule has 0 aromatic heterocycles. The number of sulfonamides is 1. The summed E-state index contributed by atoms with van der Waals surface area (Å²) in [5.41, 5.74) is -0.148. The van der Waals surface area contributed by atoms with Crippen LogP contribution < -0.4 is 4.72 Å². The van der Waals surface area contributed by atoms with E-state index in [4.69, 9.17) is 11.6 Å². The molecule has 0 amide bonds. The van der Waals surface area contributed by atoms with Crippen molar-refractivity contribution in [1.29, 1.82) is 0 Å². The molecule has 0 aliphatic heterocycles. The van der Waals surface area contributed by atoms with Crippen LogP contribution >= 0.6 is 11.6 Å². The fourth-order valence-electron chi connectivity index (χ4n) is 1.67. The minimum absolute atomic E-state index is 0.0145. The molecule has 116 valence electrons. The van der Waals surface area contributed by atoms with Gasteiger partial charge in [-0.25, -0.2) is 12.8 Å². The van der Waals surface area contributed by atoms with E-state index in [0.29, 0.717) is 5.56 Å². The fraction of sp³-hybridized carbons (Fsp3) is 0.0769. The lowest BCUT2D eigenvalue weighted by Crippen LogP contribution is -2.13. The molecule has 0 aliphatic carbocycles. The molecule has 0 unspecified atom stereocenters. The van der Waals surface area contributed by atoms with Crippen LogP contribution in [0.15, 0.2) is 41.3 Å². The van der Waals surface area contributed by atoms with Crippen LogP contribution in [0.25, 0.3) is 0 Å². The van der Waals surface area contributed by atoms with E-state index in [1.165, 1.54) is 19.1 Å². The van der Waals surface area contributed by atoms with Crippen LogP contribution in [-0.4, -0.2) is 13.3 Å². The van der Waals surface area contributed by atoms with Crippen molar-refractivity contribution in [3.05, 3.63) is 62.9 Å². The second-order valence-electron chi connectivity index (χ2n) is 4.44. The fourth-order valence-corrected chi connectivity index (χ4v) is 2.93. The molecule has 0 aliphatic rings. The monoisotopic (exact) mass is 344 g/mol. The molecule has 6 nitrogen and oxygen atoms in total. The highest BCUT2D eigenvalue weighted by Gasteiger charge is 2.21. The zero-order valence-electron chi connectivity index (χ0n) is 11.2. The van der Waals surface area contributed by atoms with E-state index in [0.717, 1.165) is 24.3 Å². The maximum Gasteiger partial charge on any atom is 0.289 e. The standard InChI is InChI=1S/C13H10ClFN2O4S/c1-8-2-3-9(6-12(8)15)16-22(20,21)10-4-5-11(14)13(7-10)17(18)19/h2-7,16H,1H3. The number of nitro benzene ring substituents is 1. The van der Waals surface area contributed by atoms with Gasteiger partial charge in [-0.05, 0) is 36.8 Å². The Bertz CT molecular complexity index is 855. The summed E-state index contributed by atoms with van der Waals surface area (Å²) >= 11 is 5.63. The minimum atomic E-state index is -4.10. The smallest absolute Gasteiger partial charge is 0.280 e. The zero-order chi connectivity index (χ0) is 16.5. The van der Waals surface area contributed by atoms with Gasteiger partial charge in [-0.2, -0.15) is 0 Å². The summed E-state index contributed by atoms with van der Waals surface area (Å²) in [6, 6.07) is 6.91. The van der Waals surface area contributed by atoms with Gasteiger partial charge in [0.15, 0.2) is 0 Å². The number of nitrogens with one attached hydrogen (secondary N) is 1. The first-order valence-corrected chi connectivity index (χ1v) is 7.80. The third-order valence-electron chi connectivity index (χ3n) is 2.85. The van der Waals surface area contributed by atoms with Gasteiger partial charge in [0.2, 0.25) is 0 Å². The molecule has 0 spiro atoms. The number of halogens is 2. The Labute approximate surface area is 130 Å².